The third kappa shape index (κ3) is 3.73. The van der Waals surface area contributed by atoms with Gasteiger partial charge in [-0.15, -0.1) is 0 Å². The molecule has 20 heavy (non-hydrogen) atoms. The van der Waals surface area contributed by atoms with E-state index in [-0.39, 0.29) is 5.97 Å². The minimum atomic E-state index is -0.267. The topological polar surface area (TPSA) is 64.3 Å². The Hall–Kier alpha value is -1.55. The second kappa shape index (κ2) is 7.29. The molecular weight excluding hydrogens is 252 g/mol. The first kappa shape index (κ1) is 14.9. The number of carbonyl (C=O) groups excluding carboxylic acids is 1. The zero-order valence-corrected chi connectivity index (χ0v) is 12.1. The van der Waals surface area contributed by atoms with Gasteiger partial charge in [-0.3, -0.25) is 0 Å². The second-order valence-corrected chi connectivity index (χ2v) is 5.33. The first-order valence-corrected chi connectivity index (χ1v) is 7.48. The van der Waals surface area contributed by atoms with Gasteiger partial charge in [0, 0.05) is 11.7 Å². The van der Waals surface area contributed by atoms with Crippen LogP contribution in [0.3, 0.4) is 0 Å². The number of hydrogen-bond acceptors (Lipinski definition) is 4. The molecule has 1 fully saturated rings. The smallest absolute Gasteiger partial charge is 0.338 e. The molecule has 0 bridgehead atoms. The van der Waals surface area contributed by atoms with Gasteiger partial charge in [-0.1, -0.05) is 12.8 Å². The lowest BCUT2D eigenvalue weighted by Crippen LogP contribution is -2.36. The van der Waals surface area contributed by atoms with E-state index in [4.69, 9.17) is 10.5 Å². The zero-order valence-electron chi connectivity index (χ0n) is 12.1. The Kier molecular flexibility index (Phi) is 5.41. The van der Waals surface area contributed by atoms with E-state index in [1.165, 1.54) is 25.7 Å². The number of carbonyl (C=O) groups is 1. The van der Waals surface area contributed by atoms with Crippen molar-refractivity contribution < 1.29 is 9.53 Å². The van der Waals surface area contributed by atoms with E-state index in [1.54, 1.807) is 12.1 Å². The quantitative estimate of drug-likeness (QED) is 0.812. The predicted molar refractivity (Wildman–Crippen MR) is 80.8 cm³/mol. The van der Waals surface area contributed by atoms with Crippen LogP contribution in [0.2, 0.25) is 0 Å². The maximum Gasteiger partial charge on any atom is 0.338 e. The average molecular weight is 276 g/mol. The second-order valence-electron chi connectivity index (χ2n) is 5.33. The molecule has 1 aromatic carbocycles. The van der Waals surface area contributed by atoms with Crippen molar-refractivity contribution in [3.63, 3.8) is 0 Å². The lowest BCUT2D eigenvalue weighted by Gasteiger charge is -2.32. The van der Waals surface area contributed by atoms with E-state index < -0.39 is 0 Å². The van der Waals surface area contributed by atoms with E-state index in [0.717, 1.165) is 12.2 Å². The summed E-state index contributed by atoms with van der Waals surface area (Å²) in [6.07, 6.45) is 4.91. The third-order valence-electron chi connectivity index (χ3n) is 3.96. The van der Waals surface area contributed by atoms with Gasteiger partial charge in [0.05, 0.1) is 12.2 Å². The summed E-state index contributed by atoms with van der Waals surface area (Å²) < 4.78 is 4.98. The van der Waals surface area contributed by atoms with Crippen molar-refractivity contribution in [2.24, 2.45) is 11.7 Å². The van der Waals surface area contributed by atoms with Crippen LogP contribution in [0.4, 0.5) is 5.69 Å². The molecule has 1 saturated carbocycles. The fourth-order valence-corrected chi connectivity index (χ4v) is 2.81. The van der Waals surface area contributed by atoms with Gasteiger partial charge >= 0.3 is 5.97 Å². The maximum absolute atomic E-state index is 11.6. The SMILES string of the molecule is CCOC(=O)c1ccc(NC2CCCCC2CN)cc1. The first-order valence-electron chi connectivity index (χ1n) is 7.48. The first-order chi connectivity index (χ1) is 9.74. The maximum atomic E-state index is 11.6. The van der Waals surface area contributed by atoms with Gasteiger partial charge in [-0.2, -0.15) is 0 Å². The summed E-state index contributed by atoms with van der Waals surface area (Å²) in [5, 5.41) is 3.55. The highest BCUT2D eigenvalue weighted by Crippen LogP contribution is 2.26. The van der Waals surface area contributed by atoms with Gasteiger partial charge < -0.3 is 15.8 Å². The lowest BCUT2D eigenvalue weighted by atomic mass is 9.84. The molecule has 1 aliphatic carbocycles. The van der Waals surface area contributed by atoms with Crippen LogP contribution >= 0.6 is 0 Å². The summed E-state index contributed by atoms with van der Waals surface area (Å²) >= 11 is 0. The molecule has 3 N–H and O–H groups in total. The fraction of sp³-hybridized carbons (Fsp3) is 0.562. The molecule has 0 spiro atoms. The van der Waals surface area contributed by atoms with Crippen molar-refractivity contribution in [3.8, 4) is 0 Å². The molecule has 4 nitrogen and oxygen atoms in total. The molecule has 0 amide bonds. The Morgan fingerprint density at radius 1 is 1.30 bits per heavy atom. The molecule has 0 saturated heterocycles. The van der Waals surface area contributed by atoms with Gasteiger partial charge in [-0.05, 0) is 56.5 Å². The van der Waals surface area contributed by atoms with Crippen LogP contribution in [0.15, 0.2) is 24.3 Å². The number of hydrogen-bond donors (Lipinski definition) is 2. The molecule has 0 radical (unpaired) electrons. The van der Waals surface area contributed by atoms with Crippen LogP contribution in [0, 0.1) is 5.92 Å². The largest absolute Gasteiger partial charge is 0.462 e. The van der Waals surface area contributed by atoms with Crippen molar-refractivity contribution in [2.45, 2.75) is 38.6 Å². The molecular formula is C16H24N2O2. The van der Waals surface area contributed by atoms with Crippen molar-refractivity contribution >= 4 is 11.7 Å². The predicted octanol–water partition coefficient (Wildman–Crippen LogP) is 2.79. The highest BCUT2D eigenvalue weighted by atomic mass is 16.5. The zero-order chi connectivity index (χ0) is 14.4. The van der Waals surface area contributed by atoms with Crippen LogP contribution in [-0.2, 0) is 4.74 Å². The van der Waals surface area contributed by atoms with Crippen LogP contribution in [-0.4, -0.2) is 25.2 Å². The van der Waals surface area contributed by atoms with Crippen molar-refractivity contribution in [1.29, 1.82) is 0 Å². The molecule has 0 aliphatic heterocycles. The van der Waals surface area contributed by atoms with Crippen LogP contribution in [0.5, 0.6) is 0 Å². The Balaban J connectivity index is 1.97. The summed E-state index contributed by atoms with van der Waals surface area (Å²) in [5.74, 6) is 0.282. The molecule has 1 aliphatic rings. The lowest BCUT2D eigenvalue weighted by molar-refractivity contribution is 0.0526. The molecule has 2 unspecified atom stereocenters. The summed E-state index contributed by atoms with van der Waals surface area (Å²) in [6.45, 7) is 2.95. The standard InChI is InChI=1S/C16H24N2O2/c1-2-20-16(19)12-7-9-14(10-8-12)18-15-6-4-3-5-13(15)11-17/h7-10,13,15,18H,2-6,11,17H2,1H3. The number of rotatable bonds is 5. The number of ether oxygens (including phenoxy) is 1. The minimum Gasteiger partial charge on any atom is -0.462 e. The number of anilines is 1. The van der Waals surface area contributed by atoms with Crippen molar-refractivity contribution in [3.05, 3.63) is 29.8 Å². The highest BCUT2D eigenvalue weighted by molar-refractivity contribution is 5.89. The fourth-order valence-electron chi connectivity index (χ4n) is 2.81. The van der Waals surface area contributed by atoms with Crippen LogP contribution < -0.4 is 11.1 Å². The van der Waals surface area contributed by atoms with E-state index in [0.29, 0.717) is 24.1 Å². The number of nitrogens with one attached hydrogen (secondary N) is 1. The van der Waals surface area contributed by atoms with E-state index in [9.17, 15) is 4.79 Å². The Morgan fingerprint density at radius 2 is 2.00 bits per heavy atom. The van der Waals surface area contributed by atoms with Crippen LogP contribution in [0.1, 0.15) is 43.0 Å². The number of nitrogens with two attached hydrogens (primary N) is 1. The monoisotopic (exact) mass is 276 g/mol. The molecule has 2 rings (SSSR count). The molecule has 110 valence electrons. The van der Waals surface area contributed by atoms with Gasteiger partial charge in [0.15, 0.2) is 0 Å². The van der Waals surface area contributed by atoms with Crippen molar-refractivity contribution in [1.82, 2.24) is 0 Å². The van der Waals surface area contributed by atoms with E-state index in [2.05, 4.69) is 5.32 Å². The summed E-state index contributed by atoms with van der Waals surface area (Å²) in [4.78, 5) is 11.6. The molecule has 0 heterocycles. The molecule has 2 atom stereocenters. The van der Waals surface area contributed by atoms with E-state index >= 15 is 0 Å². The van der Waals surface area contributed by atoms with Crippen LogP contribution in [0.25, 0.3) is 0 Å². The Labute approximate surface area is 120 Å². The molecule has 0 aromatic heterocycles. The molecule has 4 heteroatoms. The Morgan fingerprint density at radius 3 is 2.65 bits per heavy atom. The normalized spacial score (nSPS) is 22.3. The van der Waals surface area contributed by atoms with Gasteiger partial charge in [0.25, 0.3) is 0 Å². The van der Waals surface area contributed by atoms with Gasteiger partial charge in [0.2, 0.25) is 0 Å². The average Bonchev–Trinajstić information content (AvgIpc) is 2.49. The summed E-state index contributed by atoms with van der Waals surface area (Å²) in [5.41, 5.74) is 7.48. The molecule has 1 aromatic rings. The van der Waals surface area contributed by atoms with Gasteiger partial charge in [-0.25, -0.2) is 4.79 Å². The summed E-state index contributed by atoms with van der Waals surface area (Å²) in [7, 11) is 0. The summed E-state index contributed by atoms with van der Waals surface area (Å²) in [6, 6.07) is 7.94. The number of benzene rings is 1. The van der Waals surface area contributed by atoms with Crippen molar-refractivity contribution in [2.75, 3.05) is 18.5 Å². The van der Waals surface area contributed by atoms with Gasteiger partial charge in [0.1, 0.15) is 0 Å². The van der Waals surface area contributed by atoms with E-state index in [1.807, 2.05) is 19.1 Å². The number of esters is 1. The third-order valence-corrected chi connectivity index (χ3v) is 3.96. The highest BCUT2D eigenvalue weighted by Gasteiger charge is 2.23. The minimum absolute atomic E-state index is 0.267. The Bertz CT molecular complexity index is 431.